The smallest absolute Gasteiger partial charge is 0.317 e. The van der Waals surface area contributed by atoms with E-state index in [2.05, 4.69) is 10.4 Å². The molecule has 1 aliphatic rings. The van der Waals surface area contributed by atoms with Crippen LogP contribution in [0.5, 0.6) is 0 Å². The molecule has 8 nitrogen and oxygen atoms in total. The van der Waals surface area contributed by atoms with Gasteiger partial charge in [0.1, 0.15) is 0 Å². The molecular weight excluding hydrogens is 300 g/mol. The molecule has 2 atom stereocenters. The average Bonchev–Trinajstić information content (AvgIpc) is 2.98. The van der Waals surface area contributed by atoms with Gasteiger partial charge in [-0.15, -0.1) is 0 Å². The molecule has 0 saturated carbocycles. The molecule has 0 aliphatic carbocycles. The summed E-state index contributed by atoms with van der Waals surface area (Å²) in [6, 6.07) is -0.162. The number of aliphatic carboxylic acids is 1. The van der Waals surface area contributed by atoms with E-state index in [0.717, 1.165) is 5.56 Å². The molecule has 1 saturated heterocycles. The number of likely N-dealkylation sites (tertiary alicyclic amines) is 1. The van der Waals surface area contributed by atoms with Gasteiger partial charge in [0.25, 0.3) is 0 Å². The molecule has 2 N–H and O–H groups in total. The van der Waals surface area contributed by atoms with Gasteiger partial charge in [-0.25, -0.2) is 4.79 Å². The van der Waals surface area contributed by atoms with Gasteiger partial charge >= 0.3 is 12.0 Å². The van der Waals surface area contributed by atoms with Gasteiger partial charge in [0.05, 0.1) is 25.3 Å². The van der Waals surface area contributed by atoms with Crippen molar-refractivity contribution in [2.45, 2.75) is 26.4 Å². The third kappa shape index (κ3) is 4.69. The van der Waals surface area contributed by atoms with E-state index >= 15 is 0 Å². The number of carbonyl (C=O) groups is 2. The van der Waals surface area contributed by atoms with Gasteiger partial charge in [-0.2, -0.15) is 5.10 Å². The van der Waals surface area contributed by atoms with E-state index < -0.39 is 5.97 Å². The highest BCUT2D eigenvalue weighted by molar-refractivity contribution is 5.75. The number of ether oxygens (including phenoxy) is 1. The molecule has 0 bridgehead atoms. The number of piperidine rings is 1. The predicted octanol–water partition coefficient (Wildman–Crippen LogP) is 0.782. The van der Waals surface area contributed by atoms with E-state index in [4.69, 9.17) is 9.84 Å². The topological polar surface area (TPSA) is 96.7 Å². The first-order chi connectivity index (χ1) is 11.0. The van der Waals surface area contributed by atoms with Crippen molar-refractivity contribution in [1.82, 2.24) is 20.0 Å². The van der Waals surface area contributed by atoms with Crippen molar-refractivity contribution in [2.75, 3.05) is 26.8 Å². The van der Waals surface area contributed by atoms with Gasteiger partial charge in [-0.3, -0.25) is 9.48 Å². The van der Waals surface area contributed by atoms with Crippen molar-refractivity contribution in [3.63, 3.8) is 0 Å². The second-order valence-corrected chi connectivity index (χ2v) is 5.92. The number of carboxylic acids is 1. The molecule has 0 spiro atoms. The van der Waals surface area contributed by atoms with Gasteiger partial charge < -0.3 is 20.1 Å². The zero-order valence-electron chi connectivity index (χ0n) is 13.6. The zero-order chi connectivity index (χ0) is 16.8. The number of nitrogens with zero attached hydrogens (tertiary/aromatic N) is 3. The SMILES string of the molecule is COCCn1cc(CNC(=O)N2CCC(C(=O)O)C(C)C2)cn1. The van der Waals surface area contributed by atoms with Crippen LogP contribution in [0.2, 0.25) is 0 Å². The summed E-state index contributed by atoms with van der Waals surface area (Å²) in [6.07, 6.45) is 4.09. The normalized spacial score (nSPS) is 21.2. The van der Waals surface area contributed by atoms with Gasteiger partial charge in [-0.1, -0.05) is 6.92 Å². The van der Waals surface area contributed by atoms with Crippen LogP contribution in [-0.4, -0.2) is 58.6 Å². The Morgan fingerprint density at radius 1 is 1.52 bits per heavy atom. The molecule has 23 heavy (non-hydrogen) atoms. The molecule has 1 fully saturated rings. The summed E-state index contributed by atoms with van der Waals surface area (Å²) in [4.78, 5) is 25.0. The van der Waals surface area contributed by atoms with E-state index in [1.807, 2.05) is 13.1 Å². The van der Waals surface area contributed by atoms with Crippen molar-refractivity contribution < 1.29 is 19.4 Å². The van der Waals surface area contributed by atoms with Crippen LogP contribution in [0.1, 0.15) is 18.9 Å². The Bertz CT molecular complexity index is 545. The largest absolute Gasteiger partial charge is 0.481 e. The van der Waals surface area contributed by atoms with Crippen molar-refractivity contribution >= 4 is 12.0 Å². The van der Waals surface area contributed by atoms with E-state index in [9.17, 15) is 9.59 Å². The first kappa shape index (κ1) is 17.3. The summed E-state index contributed by atoms with van der Waals surface area (Å²) in [5.41, 5.74) is 0.919. The lowest BCUT2D eigenvalue weighted by Gasteiger charge is -2.34. The molecule has 1 aliphatic heterocycles. The number of urea groups is 1. The van der Waals surface area contributed by atoms with Crippen molar-refractivity contribution in [3.05, 3.63) is 18.0 Å². The first-order valence-electron chi connectivity index (χ1n) is 7.77. The number of hydrogen-bond donors (Lipinski definition) is 2. The minimum absolute atomic E-state index is 0.0382. The molecular formula is C15H24N4O4. The highest BCUT2D eigenvalue weighted by atomic mass is 16.5. The number of methoxy groups -OCH3 is 1. The predicted molar refractivity (Wildman–Crippen MR) is 82.8 cm³/mol. The van der Waals surface area contributed by atoms with Gasteiger partial charge in [0.15, 0.2) is 0 Å². The van der Waals surface area contributed by atoms with Gasteiger partial charge in [-0.05, 0) is 12.3 Å². The molecule has 8 heteroatoms. The molecule has 1 aromatic rings. The molecule has 0 radical (unpaired) electrons. The maximum absolute atomic E-state index is 12.2. The van der Waals surface area contributed by atoms with Crippen molar-refractivity contribution in [2.24, 2.45) is 11.8 Å². The second-order valence-electron chi connectivity index (χ2n) is 5.92. The number of rotatable bonds is 6. The highest BCUT2D eigenvalue weighted by Gasteiger charge is 2.32. The van der Waals surface area contributed by atoms with E-state index in [-0.39, 0.29) is 17.9 Å². The van der Waals surface area contributed by atoms with E-state index in [1.54, 1.807) is 22.9 Å². The number of hydrogen-bond acceptors (Lipinski definition) is 4. The van der Waals surface area contributed by atoms with Crippen LogP contribution in [-0.2, 0) is 22.6 Å². The second kappa shape index (κ2) is 7.96. The lowest BCUT2D eigenvalue weighted by atomic mass is 9.87. The van der Waals surface area contributed by atoms with Gasteiger partial charge in [0, 0.05) is 38.5 Å². The lowest BCUT2D eigenvalue weighted by Crippen LogP contribution is -2.48. The van der Waals surface area contributed by atoms with E-state index in [0.29, 0.717) is 39.2 Å². The fourth-order valence-electron chi connectivity index (χ4n) is 2.79. The zero-order valence-corrected chi connectivity index (χ0v) is 13.6. The quantitative estimate of drug-likeness (QED) is 0.806. The molecule has 2 amide bonds. The van der Waals surface area contributed by atoms with Crippen LogP contribution in [0.4, 0.5) is 4.79 Å². The van der Waals surface area contributed by atoms with Crippen molar-refractivity contribution in [3.8, 4) is 0 Å². The Morgan fingerprint density at radius 2 is 2.30 bits per heavy atom. The average molecular weight is 324 g/mol. The number of aromatic nitrogens is 2. The summed E-state index contributed by atoms with van der Waals surface area (Å²) in [5.74, 6) is -1.18. The monoisotopic (exact) mass is 324 g/mol. The molecule has 1 aromatic heterocycles. The minimum atomic E-state index is -0.777. The van der Waals surface area contributed by atoms with Crippen molar-refractivity contribution in [1.29, 1.82) is 0 Å². The molecule has 2 heterocycles. The fraction of sp³-hybridized carbons (Fsp3) is 0.667. The third-order valence-corrected chi connectivity index (χ3v) is 4.16. The maximum atomic E-state index is 12.2. The first-order valence-corrected chi connectivity index (χ1v) is 7.77. The molecule has 128 valence electrons. The molecule has 2 unspecified atom stereocenters. The van der Waals surface area contributed by atoms with Crippen LogP contribution in [0.3, 0.4) is 0 Å². The fourth-order valence-corrected chi connectivity index (χ4v) is 2.79. The molecule has 0 aromatic carbocycles. The summed E-state index contributed by atoms with van der Waals surface area (Å²) >= 11 is 0. The third-order valence-electron chi connectivity index (χ3n) is 4.16. The number of carbonyl (C=O) groups excluding carboxylic acids is 1. The number of nitrogens with one attached hydrogen (secondary N) is 1. The van der Waals surface area contributed by atoms with Crippen LogP contribution >= 0.6 is 0 Å². The molecule has 2 rings (SSSR count). The number of amides is 2. The van der Waals surface area contributed by atoms with Crippen LogP contribution in [0.15, 0.2) is 12.4 Å². The number of carboxylic acid groups (broad SMARTS) is 1. The maximum Gasteiger partial charge on any atom is 0.317 e. The van der Waals surface area contributed by atoms with Gasteiger partial charge in [0.2, 0.25) is 0 Å². The van der Waals surface area contributed by atoms with E-state index in [1.165, 1.54) is 0 Å². The Kier molecular flexibility index (Phi) is 5.97. The highest BCUT2D eigenvalue weighted by Crippen LogP contribution is 2.23. The van der Waals surface area contributed by atoms with Crippen LogP contribution in [0, 0.1) is 11.8 Å². The Morgan fingerprint density at radius 3 is 2.96 bits per heavy atom. The summed E-state index contributed by atoms with van der Waals surface area (Å²) < 4.78 is 6.76. The Balaban J connectivity index is 1.79. The Hall–Kier alpha value is -2.09. The standard InChI is InChI=1S/C15H24N4O4/c1-11-9-18(4-3-13(11)14(20)21)15(22)16-7-12-8-17-19(10-12)5-6-23-2/h8,10-11,13H,3-7,9H2,1-2H3,(H,16,22)(H,20,21). The summed E-state index contributed by atoms with van der Waals surface area (Å²) in [7, 11) is 1.64. The summed E-state index contributed by atoms with van der Waals surface area (Å²) in [5, 5.41) is 16.2. The summed E-state index contributed by atoms with van der Waals surface area (Å²) in [6.45, 7) is 4.47. The lowest BCUT2D eigenvalue weighted by molar-refractivity contribution is -0.145. The minimum Gasteiger partial charge on any atom is -0.481 e. The van der Waals surface area contributed by atoms with Crippen LogP contribution in [0.25, 0.3) is 0 Å². The Labute approximate surface area is 135 Å². The van der Waals surface area contributed by atoms with Crippen LogP contribution < -0.4 is 5.32 Å².